The van der Waals surface area contributed by atoms with Crippen molar-refractivity contribution in [2.24, 2.45) is 4.99 Å². The topological polar surface area (TPSA) is 83.5 Å². The minimum absolute atomic E-state index is 0.101. The first-order valence-electron chi connectivity index (χ1n) is 8.91. The molecule has 0 radical (unpaired) electrons. The van der Waals surface area contributed by atoms with Crippen LogP contribution in [0.15, 0.2) is 29.3 Å². The summed E-state index contributed by atoms with van der Waals surface area (Å²) in [6.07, 6.45) is 6.13. The van der Waals surface area contributed by atoms with E-state index in [0.29, 0.717) is 6.04 Å². The van der Waals surface area contributed by atoms with Crippen LogP contribution in [0.4, 0.5) is 5.69 Å². The Morgan fingerprint density at radius 2 is 2.15 bits per heavy atom. The van der Waals surface area contributed by atoms with Crippen molar-refractivity contribution < 1.29 is 12.6 Å². The molecule has 1 atom stereocenters. The second-order valence-corrected chi connectivity index (χ2v) is 9.62. The van der Waals surface area contributed by atoms with Crippen LogP contribution in [0.1, 0.15) is 31.4 Å². The van der Waals surface area contributed by atoms with Crippen LogP contribution in [0.5, 0.6) is 0 Å². The highest BCUT2D eigenvalue weighted by Gasteiger charge is 2.23. The summed E-state index contributed by atoms with van der Waals surface area (Å²) >= 11 is 1.63. The van der Waals surface area contributed by atoms with Gasteiger partial charge in [0, 0.05) is 17.2 Å². The molecule has 0 bridgehead atoms. The minimum Gasteiger partial charge on any atom is -0.381 e. The van der Waals surface area contributed by atoms with E-state index in [-0.39, 0.29) is 12.6 Å². The van der Waals surface area contributed by atoms with Crippen molar-refractivity contribution in [3.05, 3.63) is 30.0 Å². The smallest absolute Gasteiger partial charge is 0.264 e. The number of hydrogen-bond acceptors (Lipinski definition) is 6. The van der Waals surface area contributed by atoms with Crippen LogP contribution in [0.25, 0.3) is 10.9 Å². The van der Waals surface area contributed by atoms with Crippen LogP contribution in [0.2, 0.25) is 0 Å². The first-order chi connectivity index (χ1) is 12.5. The normalized spacial score (nSPS) is 21.4. The second kappa shape index (κ2) is 7.25. The fourth-order valence-electron chi connectivity index (χ4n) is 3.53. The molecule has 140 valence electrons. The number of thioether (sulfide) groups is 1. The number of anilines is 1. The maximum atomic E-state index is 11.1. The quantitative estimate of drug-likeness (QED) is 0.735. The van der Waals surface area contributed by atoms with E-state index in [0.717, 1.165) is 39.3 Å². The summed E-state index contributed by atoms with van der Waals surface area (Å²) in [6.45, 7) is 0.101. The highest BCUT2D eigenvalue weighted by Crippen LogP contribution is 2.31. The maximum absolute atomic E-state index is 11.1. The van der Waals surface area contributed by atoms with Gasteiger partial charge in [0.15, 0.2) is 0 Å². The third-order valence-electron chi connectivity index (χ3n) is 4.79. The number of H-pyrrole nitrogens is 1. The minimum atomic E-state index is -3.43. The Bertz CT molecular complexity index is 930. The number of rotatable bonds is 6. The van der Waals surface area contributed by atoms with Crippen molar-refractivity contribution >= 4 is 43.5 Å². The molecule has 1 aliphatic heterocycles. The molecule has 0 amide bonds. The van der Waals surface area contributed by atoms with E-state index in [2.05, 4.69) is 39.6 Å². The van der Waals surface area contributed by atoms with Gasteiger partial charge in [0.25, 0.3) is 10.1 Å². The van der Waals surface area contributed by atoms with Crippen molar-refractivity contribution in [3.63, 3.8) is 0 Å². The SMILES string of the molecule is CS(=O)(=O)OCC1CSC(c2cc3cccc(NC4CCCC4)c3[nH]2)=N1. The summed E-state index contributed by atoms with van der Waals surface area (Å²) in [6, 6.07) is 8.83. The van der Waals surface area contributed by atoms with E-state index >= 15 is 0 Å². The van der Waals surface area contributed by atoms with Gasteiger partial charge in [0.05, 0.1) is 35.8 Å². The van der Waals surface area contributed by atoms with Crippen LogP contribution in [-0.4, -0.2) is 49.1 Å². The molecule has 2 heterocycles. The number of hydrogen-bond donors (Lipinski definition) is 2. The largest absolute Gasteiger partial charge is 0.381 e. The number of nitrogens with zero attached hydrogens (tertiary/aromatic N) is 1. The molecule has 6 nitrogen and oxygen atoms in total. The number of aromatic amines is 1. The third kappa shape index (κ3) is 4.07. The summed E-state index contributed by atoms with van der Waals surface area (Å²) in [4.78, 5) is 8.13. The van der Waals surface area contributed by atoms with Crippen LogP contribution in [0, 0.1) is 0 Å². The lowest BCUT2D eigenvalue weighted by Gasteiger charge is -2.14. The zero-order valence-electron chi connectivity index (χ0n) is 14.7. The summed E-state index contributed by atoms with van der Waals surface area (Å²) < 4.78 is 27.2. The molecule has 0 spiro atoms. The third-order valence-corrected chi connectivity index (χ3v) is 6.50. The van der Waals surface area contributed by atoms with Crippen molar-refractivity contribution in [2.45, 2.75) is 37.8 Å². The molecule has 26 heavy (non-hydrogen) atoms. The van der Waals surface area contributed by atoms with Crippen molar-refractivity contribution in [3.8, 4) is 0 Å². The molecule has 1 aliphatic carbocycles. The van der Waals surface area contributed by atoms with Gasteiger partial charge in [-0.25, -0.2) is 0 Å². The molecular formula is C18H23N3O3S2. The fraction of sp³-hybridized carbons (Fsp3) is 0.500. The number of fused-ring (bicyclic) bond motifs is 1. The van der Waals surface area contributed by atoms with Gasteiger partial charge in [-0.1, -0.05) is 25.0 Å². The van der Waals surface area contributed by atoms with Gasteiger partial charge in [-0.15, -0.1) is 11.8 Å². The number of para-hydroxylation sites is 1. The Balaban J connectivity index is 1.54. The Morgan fingerprint density at radius 1 is 1.35 bits per heavy atom. The lowest BCUT2D eigenvalue weighted by Crippen LogP contribution is -2.16. The predicted octanol–water partition coefficient (Wildman–Crippen LogP) is 3.36. The van der Waals surface area contributed by atoms with E-state index < -0.39 is 10.1 Å². The fourth-order valence-corrected chi connectivity index (χ4v) is 4.95. The maximum Gasteiger partial charge on any atom is 0.264 e. The second-order valence-electron chi connectivity index (χ2n) is 6.97. The van der Waals surface area contributed by atoms with Gasteiger partial charge in [0.1, 0.15) is 5.04 Å². The lowest BCUT2D eigenvalue weighted by atomic mass is 10.2. The average molecular weight is 394 g/mol. The zero-order chi connectivity index (χ0) is 18.1. The standard InChI is InChI=1S/C18H23N3O3S2/c1-26(22,23)24-10-14-11-25-18(20-14)16-9-12-5-4-8-15(17(12)21-16)19-13-6-2-3-7-13/h4-5,8-9,13-14,19,21H,2-3,6-7,10-11H2,1H3. The lowest BCUT2D eigenvalue weighted by molar-refractivity contribution is 0.305. The monoisotopic (exact) mass is 393 g/mol. The number of nitrogens with one attached hydrogen (secondary N) is 2. The molecule has 1 saturated carbocycles. The van der Waals surface area contributed by atoms with Gasteiger partial charge in [-0.2, -0.15) is 8.42 Å². The number of aliphatic imine (C=N–C) groups is 1. The first kappa shape index (κ1) is 17.9. The number of benzene rings is 1. The molecule has 0 saturated heterocycles. The molecule has 1 aromatic heterocycles. The molecule has 1 unspecified atom stereocenters. The summed E-state index contributed by atoms with van der Waals surface area (Å²) in [7, 11) is -3.43. The van der Waals surface area contributed by atoms with E-state index in [1.807, 2.05) is 0 Å². The van der Waals surface area contributed by atoms with Gasteiger partial charge in [-0.3, -0.25) is 9.18 Å². The Labute approximate surface area is 157 Å². The summed E-state index contributed by atoms with van der Waals surface area (Å²) in [5, 5.41) is 5.74. The average Bonchev–Trinajstić information content (AvgIpc) is 3.32. The Hall–Kier alpha value is -1.51. The molecule has 8 heteroatoms. The van der Waals surface area contributed by atoms with Crippen LogP contribution >= 0.6 is 11.8 Å². The molecular weight excluding hydrogens is 370 g/mol. The molecule has 1 aromatic carbocycles. The van der Waals surface area contributed by atoms with E-state index in [1.54, 1.807) is 11.8 Å². The van der Waals surface area contributed by atoms with E-state index in [1.165, 1.54) is 25.7 Å². The molecule has 2 aromatic rings. The predicted molar refractivity (Wildman–Crippen MR) is 108 cm³/mol. The van der Waals surface area contributed by atoms with Gasteiger partial charge in [-0.05, 0) is 25.0 Å². The van der Waals surface area contributed by atoms with Crippen molar-refractivity contribution in [1.82, 2.24) is 4.98 Å². The van der Waals surface area contributed by atoms with Gasteiger partial charge >= 0.3 is 0 Å². The van der Waals surface area contributed by atoms with Crippen molar-refractivity contribution in [1.29, 1.82) is 0 Å². The van der Waals surface area contributed by atoms with Gasteiger partial charge in [0.2, 0.25) is 0 Å². The highest BCUT2D eigenvalue weighted by atomic mass is 32.2. The Kier molecular flexibility index (Phi) is 4.98. The van der Waals surface area contributed by atoms with Crippen LogP contribution < -0.4 is 5.32 Å². The number of aromatic nitrogens is 1. The summed E-state index contributed by atoms with van der Waals surface area (Å²) in [5.41, 5.74) is 3.22. The zero-order valence-corrected chi connectivity index (χ0v) is 16.3. The molecule has 2 aliphatic rings. The highest BCUT2D eigenvalue weighted by molar-refractivity contribution is 8.14. The van der Waals surface area contributed by atoms with Crippen molar-refractivity contribution in [2.75, 3.05) is 23.9 Å². The molecule has 1 fully saturated rings. The summed E-state index contributed by atoms with van der Waals surface area (Å²) in [5.74, 6) is 0.730. The first-order valence-corrected chi connectivity index (χ1v) is 11.7. The van der Waals surface area contributed by atoms with Gasteiger partial charge < -0.3 is 10.3 Å². The van der Waals surface area contributed by atoms with Crippen LogP contribution in [-0.2, 0) is 14.3 Å². The van der Waals surface area contributed by atoms with E-state index in [9.17, 15) is 8.42 Å². The molecule has 2 N–H and O–H groups in total. The van der Waals surface area contributed by atoms with Crippen LogP contribution in [0.3, 0.4) is 0 Å². The molecule has 4 rings (SSSR count). The van der Waals surface area contributed by atoms with E-state index in [4.69, 9.17) is 4.18 Å². The Morgan fingerprint density at radius 3 is 2.92 bits per heavy atom.